The Hall–Kier alpha value is -2.58. The standard InChI is InChI=1S/C16H16FN5O2/c17-11-6-10(7-23)24-15(11)22-8-19-13-12(9-4-2-1-3-5-9)20-16(18)21-14(13)22/h1-5,8,10-11,15,23H,6-7H2,(H2,18,20,21)/t10-,11-,15+/m0/s1. The molecule has 0 bridgehead atoms. The van der Waals surface area contributed by atoms with Gasteiger partial charge in [-0.2, -0.15) is 4.98 Å². The predicted octanol–water partition coefficient (Wildman–Crippen LogP) is 1.69. The lowest BCUT2D eigenvalue weighted by Gasteiger charge is -2.15. The van der Waals surface area contributed by atoms with E-state index in [9.17, 15) is 9.50 Å². The van der Waals surface area contributed by atoms with E-state index in [0.29, 0.717) is 16.9 Å². The quantitative estimate of drug-likeness (QED) is 0.759. The number of fused-ring (bicyclic) bond motifs is 1. The van der Waals surface area contributed by atoms with E-state index in [0.717, 1.165) is 5.56 Å². The fourth-order valence-corrected chi connectivity index (χ4v) is 2.98. The Morgan fingerprint density at radius 1 is 1.29 bits per heavy atom. The van der Waals surface area contributed by atoms with Crippen molar-refractivity contribution in [2.45, 2.75) is 24.9 Å². The van der Waals surface area contributed by atoms with E-state index in [2.05, 4.69) is 15.0 Å². The van der Waals surface area contributed by atoms with E-state index in [1.807, 2.05) is 30.3 Å². The number of aliphatic hydroxyl groups excluding tert-OH is 1. The molecule has 0 aliphatic carbocycles. The number of nitrogens with zero attached hydrogens (tertiary/aromatic N) is 4. The number of rotatable bonds is 3. The van der Waals surface area contributed by atoms with E-state index in [-0.39, 0.29) is 19.0 Å². The van der Waals surface area contributed by atoms with Crippen LogP contribution in [0.25, 0.3) is 22.4 Å². The SMILES string of the molecule is Nc1nc(-c2ccccc2)c2ncn([C@@H]3O[C@H](CO)C[C@@H]3F)c2n1. The fraction of sp³-hybridized carbons (Fsp3) is 0.312. The van der Waals surface area contributed by atoms with Gasteiger partial charge in [-0.15, -0.1) is 0 Å². The maximum atomic E-state index is 14.3. The van der Waals surface area contributed by atoms with Crippen LogP contribution in [0, 0.1) is 0 Å². The molecule has 124 valence electrons. The molecule has 1 fully saturated rings. The minimum absolute atomic E-state index is 0.0789. The Labute approximate surface area is 136 Å². The topological polar surface area (TPSA) is 99.1 Å². The molecule has 0 unspecified atom stereocenters. The number of anilines is 1. The first-order chi connectivity index (χ1) is 11.7. The molecule has 1 aromatic carbocycles. The zero-order valence-corrected chi connectivity index (χ0v) is 12.7. The van der Waals surface area contributed by atoms with Gasteiger partial charge in [0.05, 0.1) is 19.0 Å². The second kappa shape index (κ2) is 5.81. The average Bonchev–Trinajstić information content (AvgIpc) is 3.17. The van der Waals surface area contributed by atoms with Crippen LogP contribution in [-0.4, -0.2) is 43.5 Å². The van der Waals surface area contributed by atoms with Crippen molar-refractivity contribution in [1.82, 2.24) is 19.5 Å². The Kier molecular flexibility index (Phi) is 3.62. The third-order valence-electron chi connectivity index (χ3n) is 4.09. The van der Waals surface area contributed by atoms with Crippen LogP contribution in [0.1, 0.15) is 12.6 Å². The smallest absolute Gasteiger partial charge is 0.222 e. The van der Waals surface area contributed by atoms with Crippen LogP contribution >= 0.6 is 0 Å². The summed E-state index contributed by atoms with van der Waals surface area (Å²) < 4.78 is 21.4. The van der Waals surface area contributed by atoms with Gasteiger partial charge >= 0.3 is 0 Å². The van der Waals surface area contributed by atoms with Crippen molar-refractivity contribution in [3.05, 3.63) is 36.7 Å². The van der Waals surface area contributed by atoms with Gasteiger partial charge < -0.3 is 15.6 Å². The number of nitrogens with two attached hydrogens (primary N) is 1. The van der Waals surface area contributed by atoms with Gasteiger partial charge in [0, 0.05) is 12.0 Å². The number of hydrogen-bond acceptors (Lipinski definition) is 6. The first kappa shape index (κ1) is 15.0. The number of alkyl halides is 1. The molecule has 24 heavy (non-hydrogen) atoms. The Morgan fingerprint density at radius 2 is 2.08 bits per heavy atom. The van der Waals surface area contributed by atoms with Crippen molar-refractivity contribution in [3.8, 4) is 11.3 Å². The summed E-state index contributed by atoms with van der Waals surface area (Å²) >= 11 is 0. The third kappa shape index (κ3) is 2.40. The molecule has 4 rings (SSSR count). The van der Waals surface area contributed by atoms with Crippen molar-refractivity contribution in [3.63, 3.8) is 0 Å². The van der Waals surface area contributed by atoms with Gasteiger partial charge in [-0.1, -0.05) is 30.3 Å². The summed E-state index contributed by atoms with van der Waals surface area (Å²) in [6.07, 6.45) is -1.06. The predicted molar refractivity (Wildman–Crippen MR) is 85.7 cm³/mol. The largest absolute Gasteiger partial charge is 0.394 e. The zero-order valence-electron chi connectivity index (χ0n) is 12.7. The normalized spacial score (nSPS) is 23.8. The highest BCUT2D eigenvalue weighted by atomic mass is 19.1. The molecule has 3 N–H and O–H groups in total. The highest BCUT2D eigenvalue weighted by Crippen LogP contribution is 2.34. The van der Waals surface area contributed by atoms with Crippen LogP contribution in [0.4, 0.5) is 10.3 Å². The van der Waals surface area contributed by atoms with Gasteiger partial charge in [-0.3, -0.25) is 4.57 Å². The monoisotopic (exact) mass is 329 g/mol. The van der Waals surface area contributed by atoms with E-state index in [1.54, 1.807) is 0 Å². The molecule has 1 saturated heterocycles. The van der Waals surface area contributed by atoms with Gasteiger partial charge in [-0.25, -0.2) is 14.4 Å². The number of aliphatic hydroxyl groups is 1. The summed E-state index contributed by atoms with van der Waals surface area (Å²) in [7, 11) is 0. The zero-order chi connectivity index (χ0) is 16.7. The molecule has 3 atom stereocenters. The summed E-state index contributed by atoms with van der Waals surface area (Å²) in [4.78, 5) is 12.8. The van der Waals surface area contributed by atoms with Crippen molar-refractivity contribution in [2.24, 2.45) is 0 Å². The molecule has 0 saturated carbocycles. The van der Waals surface area contributed by atoms with E-state index in [4.69, 9.17) is 10.5 Å². The number of nitrogen functional groups attached to an aromatic ring is 1. The second-order valence-electron chi connectivity index (χ2n) is 5.70. The maximum absolute atomic E-state index is 14.3. The lowest BCUT2D eigenvalue weighted by Crippen LogP contribution is -2.17. The highest BCUT2D eigenvalue weighted by Gasteiger charge is 2.37. The van der Waals surface area contributed by atoms with Crippen molar-refractivity contribution in [2.75, 3.05) is 12.3 Å². The lowest BCUT2D eigenvalue weighted by molar-refractivity contribution is -0.0351. The maximum Gasteiger partial charge on any atom is 0.222 e. The van der Waals surface area contributed by atoms with Gasteiger partial charge in [0.1, 0.15) is 17.4 Å². The number of benzene rings is 1. The minimum Gasteiger partial charge on any atom is -0.394 e. The molecular weight excluding hydrogens is 313 g/mol. The summed E-state index contributed by atoms with van der Waals surface area (Å²) in [5.74, 6) is 0.0789. The number of aromatic nitrogens is 4. The molecule has 0 radical (unpaired) electrons. The molecule has 0 spiro atoms. The molecule has 7 nitrogen and oxygen atoms in total. The molecule has 0 amide bonds. The van der Waals surface area contributed by atoms with Gasteiger partial charge in [-0.05, 0) is 0 Å². The van der Waals surface area contributed by atoms with E-state index < -0.39 is 18.5 Å². The first-order valence-corrected chi connectivity index (χ1v) is 7.63. The fourth-order valence-electron chi connectivity index (χ4n) is 2.98. The molecule has 3 heterocycles. The highest BCUT2D eigenvalue weighted by molar-refractivity contribution is 5.88. The Bertz CT molecular complexity index is 870. The summed E-state index contributed by atoms with van der Waals surface area (Å²) in [5, 5.41) is 9.19. The van der Waals surface area contributed by atoms with Crippen LogP contribution in [-0.2, 0) is 4.74 Å². The van der Waals surface area contributed by atoms with Gasteiger partial charge in [0.15, 0.2) is 11.9 Å². The van der Waals surface area contributed by atoms with Crippen LogP contribution in [0.5, 0.6) is 0 Å². The second-order valence-corrected chi connectivity index (χ2v) is 5.70. The van der Waals surface area contributed by atoms with Crippen LogP contribution in [0.2, 0.25) is 0 Å². The molecule has 1 aliphatic heterocycles. The van der Waals surface area contributed by atoms with Gasteiger partial charge in [0.25, 0.3) is 0 Å². The Balaban J connectivity index is 1.84. The third-order valence-corrected chi connectivity index (χ3v) is 4.09. The number of imidazole rings is 1. The summed E-state index contributed by atoms with van der Waals surface area (Å²) in [6.45, 7) is -0.226. The van der Waals surface area contributed by atoms with Crippen LogP contribution in [0.15, 0.2) is 36.7 Å². The molecule has 2 aromatic heterocycles. The van der Waals surface area contributed by atoms with E-state index in [1.165, 1.54) is 10.9 Å². The molecule has 8 heteroatoms. The van der Waals surface area contributed by atoms with E-state index >= 15 is 0 Å². The lowest BCUT2D eigenvalue weighted by atomic mass is 10.1. The number of ether oxygens (including phenoxy) is 1. The molecule has 3 aromatic rings. The number of halogens is 1. The van der Waals surface area contributed by atoms with Crippen molar-refractivity contribution >= 4 is 17.1 Å². The summed E-state index contributed by atoms with van der Waals surface area (Å²) in [5.41, 5.74) is 8.21. The molecule has 1 aliphatic rings. The minimum atomic E-state index is -1.25. The first-order valence-electron chi connectivity index (χ1n) is 7.63. The van der Waals surface area contributed by atoms with Crippen molar-refractivity contribution in [1.29, 1.82) is 0 Å². The van der Waals surface area contributed by atoms with Crippen molar-refractivity contribution < 1.29 is 14.2 Å². The average molecular weight is 329 g/mol. The van der Waals surface area contributed by atoms with Crippen LogP contribution < -0.4 is 5.73 Å². The Morgan fingerprint density at radius 3 is 2.79 bits per heavy atom. The van der Waals surface area contributed by atoms with Crippen LogP contribution in [0.3, 0.4) is 0 Å². The number of hydrogen-bond donors (Lipinski definition) is 2. The molecular formula is C16H16FN5O2. The summed E-state index contributed by atoms with van der Waals surface area (Å²) in [6, 6.07) is 9.47. The van der Waals surface area contributed by atoms with Gasteiger partial charge in [0.2, 0.25) is 5.95 Å².